The summed E-state index contributed by atoms with van der Waals surface area (Å²) in [5.41, 5.74) is 0. The van der Waals surface area contributed by atoms with Gasteiger partial charge in [0.1, 0.15) is 19.3 Å². The smallest absolute Gasteiger partial charge is 0.462 e. The molecule has 5 unspecified atom stereocenters. The highest BCUT2D eigenvalue weighted by atomic mass is 31.2. The van der Waals surface area contributed by atoms with Crippen molar-refractivity contribution in [3.8, 4) is 0 Å². The van der Waals surface area contributed by atoms with Crippen molar-refractivity contribution in [2.45, 2.75) is 367 Å². The van der Waals surface area contributed by atoms with Gasteiger partial charge in [-0.3, -0.25) is 37.3 Å². The van der Waals surface area contributed by atoms with Gasteiger partial charge in [0, 0.05) is 25.7 Å². The van der Waals surface area contributed by atoms with E-state index in [1.165, 1.54) is 109 Å². The Morgan fingerprint density at radius 1 is 0.284 bits per heavy atom. The van der Waals surface area contributed by atoms with Gasteiger partial charge in [-0.2, -0.15) is 0 Å². The molecule has 590 valence electrons. The zero-order valence-corrected chi connectivity index (χ0v) is 66.3. The maximum Gasteiger partial charge on any atom is 0.472 e. The molecule has 19 heteroatoms. The SMILES string of the molecule is CC/C=C\C/C=C\C/C=C\C/C=C\CCCCCCCCC(=O)OCC(COP(=O)(O)OCC(O)COP(=O)(O)OCC(COC(=O)CCCCCCCCCCCCCCCCC)OC(=O)CCCCCCCCCCCCC)OC(=O)CCCCCC/C=C\C/C=C\C/C=C\C/C=C\CC. The van der Waals surface area contributed by atoms with Crippen LogP contribution in [0, 0.1) is 0 Å². The van der Waals surface area contributed by atoms with E-state index in [0.717, 1.165) is 161 Å². The van der Waals surface area contributed by atoms with Crippen molar-refractivity contribution in [3.63, 3.8) is 0 Å². The molecule has 102 heavy (non-hydrogen) atoms. The molecular formula is C83H146O17P2. The molecule has 0 radical (unpaired) electrons. The van der Waals surface area contributed by atoms with E-state index in [4.69, 9.17) is 37.0 Å². The largest absolute Gasteiger partial charge is 0.472 e. The molecule has 0 saturated carbocycles. The topological polar surface area (TPSA) is 237 Å². The third kappa shape index (κ3) is 74.3. The summed E-state index contributed by atoms with van der Waals surface area (Å²) in [6, 6.07) is 0. The van der Waals surface area contributed by atoms with Crippen LogP contribution in [0.1, 0.15) is 349 Å². The summed E-state index contributed by atoms with van der Waals surface area (Å²) in [5.74, 6) is -2.19. The van der Waals surface area contributed by atoms with Crippen molar-refractivity contribution in [3.05, 3.63) is 97.2 Å². The Labute approximate surface area is 620 Å². The molecule has 0 aromatic carbocycles. The second-order valence-corrected chi connectivity index (χ2v) is 29.9. The van der Waals surface area contributed by atoms with E-state index in [9.17, 15) is 43.2 Å². The molecule has 0 aromatic rings. The first-order chi connectivity index (χ1) is 49.7. The molecule has 5 atom stereocenters. The molecule has 0 rings (SSSR count). The van der Waals surface area contributed by atoms with E-state index in [0.29, 0.717) is 25.7 Å². The van der Waals surface area contributed by atoms with Crippen molar-refractivity contribution in [2.24, 2.45) is 0 Å². The number of carbonyl (C=O) groups excluding carboxylic acids is 4. The summed E-state index contributed by atoms with van der Waals surface area (Å²) in [5, 5.41) is 10.6. The number of rotatable bonds is 76. The second kappa shape index (κ2) is 75.2. The quantitative estimate of drug-likeness (QED) is 0.0169. The van der Waals surface area contributed by atoms with E-state index < -0.39 is 97.5 Å². The van der Waals surface area contributed by atoms with Gasteiger partial charge in [-0.25, -0.2) is 9.13 Å². The molecule has 0 heterocycles. The van der Waals surface area contributed by atoms with Crippen LogP contribution in [-0.2, 0) is 65.4 Å². The van der Waals surface area contributed by atoms with Crippen LogP contribution in [0.15, 0.2) is 97.2 Å². The molecule has 3 N–H and O–H groups in total. The normalized spacial score (nSPS) is 14.4. The Morgan fingerprint density at radius 3 is 0.784 bits per heavy atom. The fourth-order valence-electron chi connectivity index (χ4n) is 11.0. The number of phosphoric ester groups is 2. The molecular weight excluding hydrogens is 1330 g/mol. The van der Waals surface area contributed by atoms with Crippen LogP contribution in [0.2, 0.25) is 0 Å². The van der Waals surface area contributed by atoms with Gasteiger partial charge < -0.3 is 33.8 Å². The lowest BCUT2D eigenvalue weighted by molar-refractivity contribution is -0.161. The lowest BCUT2D eigenvalue weighted by Gasteiger charge is -2.21. The fourth-order valence-corrected chi connectivity index (χ4v) is 12.5. The van der Waals surface area contributed by atoms with Crippen LogP contribution in [0.3, 0.4) is 0 Å². The van der Waals surface area contributed by atoms with Gasteiger partial charge >= 0.3 is 39.5 Å². The lowest BCUT2D eigenvalue weighted by Crippen LogP contribution is -2.30. The summed E-state index contributed by atoms with van der Waals surface area (Å²) in [4.78, 5) is 73.0. The van der Waals surface area contributed by atoms with Crippen LogP contribution < -0.4 is 0 Å². The van der Waals surface area contributed by atoms with E-state index >= 15 is 0 Å². The minimum absolute atomic E-state index is 0.0636. The van der Waals surface area contributed by atoms with Crippen LogP contribution in [0.4, 0.5) is 0 Å². The summed E-state index contributed by atoms with van der Waals surface area (Å²) in [6.45, 7) is 4.65. The number of carbonyl (C=O) groups is 4. The minimum atomic E-state index is -4.99. The average Bonchev–Trinajstić information content (AvgIpc) is 0.921. The molecule has 0 fully saturated rings. The van der Waals surface area contributed by atoms with Gasteiger partial charge in [-0.1, -0.05) is 318 Å². The van der Waals surface area contributed by atoms with E-state index in [-0.39, 0.29) is 25.7 Å². The van der Waals surface area contributed by atoms with Crippen molar-refractivity contribution in [1.29, 1.82) is 0 Å². The van der Waals surface area contributed by atoms with Crippen LogP contribution in [0.5, 0.6) is 0 Å². The van der Waals surface area contributed by atoms with Gasteiger partial charge in [0.2, 0.25) is 0 Å². The highest BCUT2D eigenvalue weighted by Gasteiger charge is 2.30. The van der Waals surface area contributed by atoms with Gasteiger partial charge in [0.15, 0.2) is 12.2 Å². The minimum Gasteiger partial charge on any atom is -0.462 e. The van der Waals surface area contributed by atoms with E-state index in [1.54, 1.807) is 0 Å². The van der Waals surface area contributed by atoms with Crippen molar-refractivity contribution in [2.75, 3.05) is 39.6 Å². The van der Waals surface area contributed by atoms with Crippen molar-refractivity contribution < 1.29 is 80.2 Å². The predicted molar refractivity (Wildman–Crippen MR) is 418 cm³/mol. The maximum absolute atomic E-state index is 13.1. The third-order valence-corrected chi connectivity index (χ3v) is 19.0. The van der Waals surface area contributed by atoms with E-state index in [2.05, 4.69) is 125 Å². The second-order valence-electron chi connectivity index (χ2n) is 27.0. The summed E-state index contributed by atoms with van der Waals surface area (Å²) in [6.07, 6.45) is 79.5. The van der Waals surface area contributed by atoms with Crippen molar-refractivity contribution >= 4 is 39.5 Å². The average molecular weight is 1480 g/mol. The standard InChI is InChI=1S/C83H146O17P2/c1-5-9-13-17-21-25-29-32-35-37-38-40-42-45-49-52-56-60-64-68-81(86)94-74-79(100-83(88)70-66-62-58-54-50-46-43-39-36-33-30-26-22-18-14-10-6-2)76-98-102(91,92)96-72-77(84)71-95-101(89,90)97-75-78(99-82(87)69-65-61-57-53-47-28-24-20-16-12-8-4)73-93-80(85)67-63-59-55-51-48-44-41-34-31-27-23-19-15-11-7-3/h9-10,13-14,21-22,25-26,32-33,35-36,38,40,43,46,77-79,84H,5-8,11-12,15-20,23-24,27-31,34,37,39,41-42,44-45,47-76H2,1-4H3,(H,89,90)(H,91,92)/b13-9-,14-10-,25-21-,26-22-,35-32-,36-33-,40-38-,46-43-. The summed E-state index contributed by atoms with van der Waals surface area (Å²) < 4.78 is 68.6. The molecule has 0 aliphatic rings. The number of hydrogen-bond acceptors (Lipinski definition) is 15. The molecule has 0 bridgehead atoms. The van der Waals surface area contributed by atoms with Gasteiger partial charge in [-0.15, -0.1) is 0 Å². The molecule has 0 aliphatic carbocycles. The molecule has 17 nitrogen and oxygen atoms in total. The number of allylic oxidation sites excluding steroid dienone is 16. The molecule has 0 aromatic heterocycles. The number of esters is 4. The zero-order valence-electron chi connectivity index (χ0n) is 64.5. The number of hydrogen-bond donors (Lipinski definition) is 3. The van der Waals surface area contributed by atoms with Gasteiger partial charge in [0.25, 0.3) is 0 Å². The summed E-state index contributed by atoms with van der Waals surface area (Å²) >= 11 is 0. The van der Waals surface area contributed by atoms with Crippen LogP contribution >= 0.6 is 15.6 Å². The highest BCUT2D eigenvalue weighted by Crippen LogP contribution is 2.45. The van der Waals surface area contributed by atoms with Crippen molar-refractivity contribution in [1.82, 2.24) is 0 Å². The third-order valence-electron chi connectivity index (χ3n) is 17.1. The highest BCUT2D eigenvalue weighted by molar-refractivity contribution is 7.47. The Hall–Kier alpha value is -4.02. The number of phosphoric acid groups is 2. The Bertz CT molecular complexity index is 2310. The number of aliphatic hydroxyl groups excluding tert-OH is 1. The fraction of sp³-hybridized carbons (Fsp3) is 0.759. The first-order valence-electron chi connectivity index (χ1n) is 40.5. The number of aliphatic hydroxyl groups is 1. The molecule has 0 aliphatic heterocycles. The van der Waals surface area contributed by atoms with Gasteiger partial charge in [-0.05, 0) is 103 Å². The van der Waals surface area contributed by atoms with Crippen LogP contribution in [0.25, 0.3) is 0 Å². The maximum atomic E-state index is 13.1. The van der Waals surface area contributed by atoms with Crippen LogP contribution in [-0.4, -0.2) is 96.7 Å². The Morgan fingerprint density at radius 2 is 0.510 bits per heavy atom. The first-order valence-corrected chi connectivity index (χ1v) is 43.5. The Kier molecular flexibility index (Phi) is 72.3. The monoisotopic (exact) mass is 1480 g/mol. The lowest BCUT2D eigenvalue weighted by atomic mass is 10.0. The first kappa shape index (κ1) is 98.0. The molecule has 0 saturated heterocycles. The Balaban J connectivity index is 5.34. The van der Waals surface area contributed by atoms with E-state index in [1.807, 2.05) is 0 Å². The number of ether oxygens (including phenoxy) is 4. The summed E-state index contributed by atoms with van der Waals surface area (Å²) in [7, 11) is -9.96. The predicted octanol–water partition coefficient (Wildman–Crippen LogP) is 23.6. The zero-order chi connectivity index (χ0) is 74.6. The van der Waals surface area contributed by atoms with Gasteiger partial charge in [0.05, 0.1) is 26.4 Å². The molecule has 0 spiro atoms. The number of unbranched alkanes of at least 4 members (excludes halogenated alkanes) is 34. The molecule has 0 amide bonds.